The monoisotopic (exact) mass is 195 g/mol. The standard InChI is InChI=1S/C6H13NO4S/c7-12(8,9)11-5-6-1-3-10-4-2-6/h6H,1-5H2,(H2,7,8,9). The van der Waals surface area contributed by atoms with Gasteiger partial charge in [0.1, 0.15) is 0 Å². The Hall–Kier alpha value is -0.170. The van der Waals surface area contributed by atoms with Crippen molar-refractivity contribution < 1.29 is 17.3 Å². The number of rotatable bonds is 3. The summed E-state index contributed by atoms with van der Waals surface area (Å²) < 4.78 is 30.4. The third-order valence-corrected chi connectivity index (χ3v) is 2.27. The predicted molar refractivity (Wildman–Crippen MR) is 42.6 cm³/mol. The van der Waals surface area contributed by atoms with Gasteiger partial charge in [0.25, 0.3) is 0 Å². The van der Waals surface area contributed by atoms with Crippen molar-refractivity contribution in [1.82, 2.24) is 0 Å². The van der Waals surface area contributed by atoms with Crippen LogP contribution in [0.4, 0.5) is 0 Å². The minimum atomic E-state index is -3.76. The van der Waals surface area contributed by atoms with E-state index in [2.05, 4.69) is 9.32 Å². The highest BCUT2D eigenvalue weighted by Gasteiger charge is 2.16. The van der Waals surface area contributed by atoms with Crippen molar-refractivity contribution in [3.8, 4) is 0 Å². The number of ether oxygens (including phenoxy) is 1. The Kier molecular flexibility index (Phi) is 3.45. The van der Waals surface area contributed by atoms with Crippen LogP contribution in [-0.2, 0) is 19.2 Å². The highest BCUT2D eigenvalue weighted by atomic mass is 32.2. The van der Waals surface area contributed by atoms with Gasteiger partial charge in [-0.2, -0.15) is 8.42 Å². The fourth-order valence-electron chi connectivity index (χ4n) is 1.10. The molecule has 0 saturated carbocycles. The molecule has 0 aliphatic carbocycles. The molecular formula is C6H13NO4S. The summed E-state index contributed by atoms with van der Waals surface area (Å²) in [6.07, 6.45) is 1.69. The summed E-state index contributed by atoms with van der Waals surface area (Å²) in [4.78, 5) is 0. The molecule has 0 aromatic carbocycles. The Balaban J connectivity index is 2.22. The van der Waals surface area contributed by atoms with Crippen LogP contribution in [0.3, 0.4) is 0 Å². The SMILES string of the molecule is NS(=O)(=O)OCC1CCOCC1. The van der Waals surface area contributed by atoms with Crippen molar-refractivity contribution in [3.05, 3.63) is 0 Å². The Bertz CT molecular complexity index is 220. The Morgan fingerprint density at radius 2 is 2.00 bits per heavy atom. The number of nitrogens with two attached hydrogens (primary N) is 1. The van der Waals surface area contributed by atoms with Crippen LogP contribution in [0.1, 0.15) is 12.8 Å². The van der Waals surface area contributed by atoms with Crippen molar-refractivity contribution in [2.24, 2.45) is 11.1 Å². The summed E-state index contributed by atoms with van der Waals surface area (Å²) in [5.41, 5.74) is 0. The number of hydrogen-bond acceptors (Lipinski definition) is 4. The Labute approximate surface area is 72.1 Å². The molecule has 0 aromatic rings. The molecule has 1 aliphatic rings. The molecule has 72 valence electrons. The van der Waals surface area contributed by atoms with Gasteiger partial charge < -0.3 is 4.74 Å². The molecular weight excluding hydrogens is 182 g/mol. The smallest absolute Gasteiger partial charge is 0.333 e. The van der Waals surface area contributed by atoms with E-state index in [4.69, 9.17) is 4.74 Å². The van der Waals surface area contributed by atoms with Gasteiger partial charge in [-0.25, -0.2) is 5.14 Å². The zero-order chi connectivity index (χ0) is 9.03. The zero-order valence-electron chi connectivity index (χ0n) is 6.73. The van der Waals surface area contributed by atoms with E-state index in [9.17, 15) is 8.42 Å². The average Bonchev–Trinajstić information content (AvgIpc) is 2.02. The summed E-state index contributed by atoms with van der Waals surface area (Å²) in [5, 5.41) is 4.67. The van der Waals surface area contributed by atoms with Gasteiger partial charge in [-0.3, -0.25) is 4.18 Å². The zero-order valence-corrected chi connectivity index (χ0v) is 7.55. The summed E-state index contributed by atoms with van der Waals surface area (Å²) >= 11 is 0. The van der Waals surface area contributed by atoms with Gasteiger partial charge >= 0.3 is 10.3 Å². The molecule has 1 aliphatic heterocycles. The van der Waals surface area contributed by atoms with Crippen molar-refractivity contribution >= 4 is 10.3 Å². The van der Waals surface area contributed by atoms with Crippen LogP contribution in [0.2, 0.25) is 0 Å². The lowest BCUT2D eigenvalue weighted by Gasteiger charge is -2.20. The van der Waals surface area contributed by atoms with Crippen molar-refractivity contribution in [1.29, 1.82) is 0 Å². The lowest BCUT2D eigenvalue weighted by atomic mass is 10.0. The molecule has 0 unspecified atom stereocenters. The second kappa shape index (κ2) is 4.18. The second-order valence-corrected chi connectivity index (χ2v) is 4.05. The molecule has 1 fully saturated rings. The average molecular weight is 195 g/mol. The molecule has 12 heavy (non-hydrogen) atoms. The topological polar surface area (TPSA) is 78.6 Å². The van der Waals surface area contributed by atoms with Gasteiger partial charge in [-0.1, -0.05) is 0 Å². The second-order valence-electron chi connectivity index (χ2n) is 2.83. The van der Waals surface area contributed by atoms with E-state index in [0.29, 0.717) is 13.2 Å². The van der Waals surface area contributed by atoms with Gasteiger partial charge in [0, 0.05) is 13.2 Å². The van der Waals surface area contributed by atoms with Crippen molar-refractivity contribution in [2.45, 2.75) is 12.8 Å². The van der Waals surface area contributed by atoms with Gasteiger partial charge in [0.05, 0.1) is 6.61 Å². The maximum atomic E-state index is 10.4. The Morgan fingerprint density at radius 1 is 1.42 bits per heavy atom. The maximum absolute atomic E-state index is 10.4. The van der Waals surface area contributed by atoms with Gasteiger partial charge in [-0.15, -0.1) is 0 Å². The fraction of sp³-hybridized carbons (Fsp3) is 1.00. The first-order chi connectivity index (χ1) is 5.58. The molecule has 0 bridgehead atoms. The molecule has 0 amide bonds. The van der Waals surface area contributed by atoms with Crippen LogP contribution in [0.25, 0.3) is 0 Å². The molecule has 0 atom stereocenters. The highest BCUT2D eigenvalue weighted by Crippen LogP contribution is 2.14. The largest absolute Gasteiger partial charge is 0.381 e. The van der Waals surface area contributed by atoms with E-state index in [1.165, 1.54) is 0 Å². The molecule has 2 N–H and O–H groups in total. The normalized spacial score (nSPS) is 21.1. The van der Waals surface area contributed by atoms with Crippen LogP contribution in [-0.4, -0.2) is 28.2 Å². The van der Waals surface area contributed by atoms with E-state index >= 15 is 0 Å². The van der Waals surface area contributed by atoms with Gasteiger partial charge in [0.2, 0.25) is 0 Å². The van der Waals surface area contributed by atoms with Crippen molar-refractivity contribution in [2.75, 3.05) is 19.8 Å². The first-order valence-corrected chi connectivity index (χ1v) is 5.30. The third-order valence-electron chi connectivity index (χ3n) is 1.81. The molecule has 5 nitrogen and oxygen atoms in total. The predicted octanol–water partition coefficient (Wildman–Crippen LogP) is -0.367. The fourth-order valence-corrected chi connectivity index (χ4v) is 1.49. The summed E-state index contributed by atoms with van der Waals surface area (Å²) in [5.74, 6) is 0.261. The van der Waals surface area contributed by atoms with Gasteiger partial charge in [0.15, 0.2) is 0 Å². The molecule has 0 spiro atoms. The first-order valence-electron chi connectivity index (χ1n) is 3.83. The van der Waals surface area contributed by atoms with E-state index in [1.54, 1.807) is 0 Å². The number of hydrogen-bond donors (Lipinski definition) is 1. The van der Waals surface area contributed by atoms with Crippen LogP contribution < -0.4 is 5.14 Å². The summed E-state index contributed by atoms with van der Waals surface area (Å²) in [7, 11) is -3.76. The van der Waals surface area contributed by atoms with Crippen LogP contribution >= 0.6 is 0 Å². The molecule has 0 aromatic heterocycles. The summed E-state index contributed by atoms with van der Waals surface area (Å²) in [6.45, 7) is 1.54. The van der Waals surface area contributed by atoms with E-state index in [0.717, 1.165) is 12.8 Å². The quantitative estimate of drug-likeness (QED) is 0.666. The van der Waals surface area contributed by atoms with Crippen molar-refractivity contribution in [3.63, 3.8) is 0 Å². The minimum Gasteiger partial charge on any atom is -0.381 e. The van der Waals surface area contributed by atoms with Crippen LogP contribution in [0.15, 0.2) is 0 Å². The third kappa shape index (κ3) is 4.01. The minimum absolute atomic E-state index is 0.183. The first kappa shape index (κ1) is 9.91. The van der Waals surface area contributed by atoms with E-state index < -0.39 is 10.3 Å². The Morgan fingerprint density at radius 3 is 2.50 bits per heavy atom. The summed E-state index contributed by atoms with van der Waals surface area (Å²) in [6, 6.07) is 0. The molecule has 1 saturated heterocycles. The highest BCUT2D eigenvalue weighted by molar-refractivity contribution is 7.84. The lowest BCUT2D eigenvalue weighted by Crippen LogP contribution is -2.24. The van der Waals surface area contributed by atoms with E-state index in [1.807, 2.05) is 0 Å². The van der Waals surface area contributed by atoms with Gasteiger partial charge in [-0.05, 0) is 18.8 Å². The maximum Gasteiger partial charge on any atom is 0.333 e. The van der Waals surface area contributed by atoms with E-state index in [-0.39, 0.29) is 12.5 Å². The van der Waals surface area contributed by atoms with Crippen LogP contribution in [0.5, 0.6) is 0 Å². The lowest BCUT2D eigenvalue weighted by molar-refractivity contribution is 0.0507. The molecule has 0 radical (unpaired) electrons. The van der Waals surface area contributed by atoms with Crippen LogP contribution in [0, 0.1) is 5.92 Å². The molecule has 1 heterocycles. The molecule has 6 heteroatoms. The molecule has 1 rings (SSSR count).